The number of carbonyl (C=O) groups excluding carboxylic acids is 1. The van der Waals surface area contributed by atoms with Crippen molar-refractivity contribution in [3.8, 4) is 17.6 Å². The van der Waals surface area contributed by atoms with Gasteiger partial charge in [-0.25, -0.2) is 0 Å². The number of amides is 1. The Bertz CT molecular complexity index is 555. The van der Waals surface area contributed by atoms with E-state index in [4.69, 9.17) is 9.47 Å². The molecule has 1 aromatic carbocycles. The van der Waals surface area contributed by atoms with Crippen LogP contribution in [-0.2, 0) is 9.53 Å². The van der Waals surface area contributed by atoms with Gasteiger partial charge >= 0.3 is 11.8 Å². The van der Waals surface area contributed by atoms with Crippen LogP contribution in [0.25, 0.3) is 0 Å². The maximum Gasteiger partial charge on any atom is 0.385 e. The van der Waals surface area contributed by atoms with Gasteiger partial charge in [0, 0.05) is 18.7 Å². The molecule has 0 bridgehead atoms. The molecule has 0 radical (unpaired) electrons. The monoisotopic (exact) mass is 295 g/mol. The number of carbonyl (C=O) groups is 1. The third kappa shape index (κ3) is 3.92. The highest BCUT2D eigenvalue weighted by Gasteiger charge is 2.40. The Labute approximate surface area is 121 Å². The minimum atomic E-state index is -3.70. The molecule has 0 unspecified atom stereocenters. The molecule has 1 fully saturated rings. The zero-order chi connectivity index (χ0) is 15.3. The van der Waals surface area contributed by atoms with Gasteiger partial charge in [-0.05, 0) is 30.2 Å². The molecule has 4 nitrogen and oxygen atoms in total. The molecule has 1 heterocycles. The van der Waals surface area contributed by atoms with Gasteiger partial charge in [-0.2, -0.15) is 8.78 Å². The maximum atomic E-state index is 13.8. The SMILES string of the molecule is COc1ccc(C#CC(F)(F)C(=O)N2CCOCC2)cc1. The second kappa shape index (κ2) is 6.55. The summed E-state index contributed by atoms with van der Waals surface area (Å²) in [5.74, 6) is -0.285. The molecular formula is C15H15F2NO3. The topological polar surface area (TPSA) is 38.8 Å². The van der Waals surface area contributed by atoms with Gasteiger partial charge in [0.15, 0.2) is 0 Å². The minimum Gasteiger partial charge on any atom is -0.497 e. The molecule has 0 spiro atoms. The summed E-state index contributed by atoms with van der Waals surface area (Å²) >= 11 is 0. The Hall–Kier alpha value is -2.13. The number of nitrogens with zero attached hydrogens (tertiary/aromatic N) is 1. The first-order valence-corrected chi connectivity index (χ1v) is 6.45. The van der Waals surface area contributed by atoms with E-state index in [1.165, 1.54) is 7.11 Å². The lowest BCUT2D eigenvalue weighted by atomic mass is 10.2. The van der Waals surface area contributed by atoms with E-state index < -0.39 is 11.8 Å². The van der Waals surface area contributed by atoms with Crippen LogP contribution in [0.2, 0.25) is 0 Å². The smallest absolute Gasteiger partial charge is 0.385 e. The Morgan fingerprint density at radius 1 is 1.29 bits per heavy atom. The van der Waals surface area contributed by atoms with Gasteiger partial charge in [-0.15, -0.1) is 0 Å². The molecule has 6 heteroatoms. The molecule has 0 N–H and O–H groups in total. The number of ether oxygens (including phenoxy) is 2. The highest BCUT2D eigenvalue weighted by atomic mass is 19.3. The Balaban J connectivity index is 2.08. The number of hydrogen-bond acceptors (Lipinski definition) is 3. The number of methoxy groups -OCH3 is 1. The molecule has 1 saturated heterocycles. The van der Waals surface area contributed by atoms with Crippen LogP contribution in [0.1, 0.15) is 5.56 Å². The molecule has 1 aromatic rings. The van der Waals surface area contributed by atoms with Crippen molar-refractivity contribution in [2.45, 2.75) is 5.92 Å². The largest absolute Gasteiger partial charge is 0.497 e. The van der Waals surface area contributed by atoms with Crippen molar-refractivity contribution in [2.24, 2.45) is 0 Å². The van der Waals surface area contributed by atoms with E-state index in [1.54, 1.807) is 30.2 Å². The Morgan fingerprint density at radius 2 is 1.90 bits per heavy atom. The molecule has 0 aliphatic carbocycles. The fourth-order valence-corrected chi connectivity index (χ4v) is 1.84. The molecule has 0 aromatic heterocycles. The summed E-state index contributed by atoms with van der Waals surface area (Å²) in [6.45, 7) is 0.874. The second-order valence-electron chi connectivity index (χ2n) is 4.46. The molecule has 1 aliphatic heterocycles. The summed E-state index contributed by atoms with van der Waals surface area (Å²) in [6.07, 6.45) is 0. The number of alkyl halides is 2. The van der Waals surface area contributed by atoms with Gasteiger partial charge in [-0.3, -0.25) is 4.79 Å². The van der Waals surface area contributed by atoms with Crippen LogP contribution in [0.4, 0.5) is 8.78 Å². The first kappa shape index (κ1) is 15.3. The van der Waals surface area contributed by atoms with Crippen molar-refractivity contribution in [1.29, 1.82) is 0 Å². The normalized spacial score (nSPS) is 15.1. The fraction of sp³-hybridized carbons (Fsp3) is 0.400. The fourth-order valence-electron chi connectivity index (χ4n) is 1.84. The van der Waals surface area contributed by atoms with Crippen molar-refractivity contribution < 1.29 is 23.0 Å². The van der Waals surface area contributed by atoms with E-state index in [1.807, 2.05) is 0 Å². The Kier molecular flexibility index (Phi) is 4.76. The lowest BCUT2D eigenvalue weighted by molar-refractivity contribution is -0.153. The van der Waals surface area contributed by atoms with E-state index in [0.717, 1.165) is 4.90 Å². The van der Waals surface area contributed by atoms with E-state index in [9.17, 15) is 13.6 Å². The van der Waals surface area contributed by atoms with E-state index >= 15 is 0 Å². The minimum absolute atomic E-state index is 0.165. The Morgan fingerprint density at radius 3 is 2.48 bits per heavy atom. The van der Waals surface area contributed by atoms with Crippen molar-refractivity contribution >= 4 is 5.91 Å². The van der Waals surface area contributed by atoms with Crippen molar-refractivity contribution in [3.63, 3.8) is 0 Å². The van der Waals surface area contributed by atoms with Crippen LogP contribution in [0.15, 0.2) is 24.3 Å². The van der Waals surface area contributed by atoms with Gasteiger partial charge in [0.25, 0.3) is 0 Å². The number of rotatable bonds is 2. The van der Waals surface area contributed by atoms with Gasteiger partial charge in [0.2, 0.25) is 0 Å². The first-order chi connectivity index (χ1) is 10.0. The predicted octanol–water partition coefficient (Wildman–Crippen LogP) is 1.54. The highest BCUT2D eigenvalue weighted by Crippen LogP contribution is 2.18. The molecule has 0 saturated carbocycles. The summed E-state index contributed by atoms with van der Waals surface area (Å²) in [5.41, 5.74) is 0.394. The highest BCUT2D eigenvalue weighted by molar-refractivity contribution is 5.87. The molecule has 21 heavy (non-hydrogen) atoms. The third-order valence-electron chi connectivity index (χ3n) is 3.02. The average Bonchev–Trinajstić information content (AvgIpc) is 2.53. The predicted molar refractivity (Wildman–Crippen MR) is 72.2 cm³/mol. The lowest BCUT2D eigenvalue weighted by Gasteiger charge is -2.28. The number of morpholine rings is 1. The van der Waals surface area contributed by atoms with E-state index in [-0.39, 0.29) is 26.3 Å². The van der Waals surface area contributed by atoms with Crippen LogP contribution in [0.3, 0.4) is 0 Å². The average molecular weight is 295 g/mol. The number of halogens is 2. The lowest BCUT2D eigenvalue weighted by Crippen LogP contribution is -2.48. The molecule has 1 amide bonds. The standard InChI is InChI=1S/C15H15F2NO3/c1-20-13-4-2-12(3-5-13)6-7-15(16,17)14(19)18-8-10-21-11-9-18/h2-5H,8-11H2,1H3. The zero-order valence-corrected chi connectivity index (χ0v) is 11.6. The molecule has 0 atom stereocenters. The quantitative estimate of drug-likeness (QED) is 0.777. The molecule has 112 valence electrons. The van der Waals surface area contributed by atoms with Gasteiger partial charge < -0.3 is 14.4 Å². The van der Waals surface area contributed by atoms with Crippen LogP contribution in [0, 0.1) is 11.8 Å². The molecule has 1 aliphatic rings. The van der Waals surface area contributed by atoms with Crippen LogP contribution >= 0.6 is 0 Å². The van der Waals surface area contributed by atoms with Gasteiger partial charge in [0.05, 0.1) is 20.3 Å². The van der Waals surface area contributed by atoms with Crippen LogP contribution in [0.5, 0.6) is 5.75 Å². The summed E-state index contributed by atoms with van der Waals surface area (Å²) in [5, 5.41) is 0. The number of benzene rings is 1. The van der Waals surface area contributed by atoms with Crippen LogP contribution < -0.4 is 4.74 Å². The summed E-state index contributed by atoms with van der Waals surface area (Å²) in [4.78, 5) is 12.8. The number of hydrogen-bond donors (Lipinski definition) is 0. The maximum absolute atomic E-state index is 13.8. The summed E-state index contributed by atoms with van der Waals surface area (Å²) < 4.78 is 37.6. The van der Waals surface area contributed by atoms with E-state index in [0.29, 0.717) is 11.3 Å². The van der Waals surface area contributed by atoms with Crippen LogP contribution in [-0.4, -0.2) is 50.1 Å². The molecule has 2 rings (SSSR count). The van der Waals surface area contributed by atoms with Crippen molar-refractivity contribution in [2.75, 3.05) is 33.4 Å². The zero-order valence-electron chi connectivity index (χ0n) is 11.6. The molecular weight excluding hydrogens is 280 g/mol. The van der Waals surface area contributed by atoms with Gasteiger partial charge in [-0.1, -0.05) is 5.92 Å². The summed E-state index contributed by atoms with van der Waals surface area (Å²) in [6, 6.07) is 6.35. The van der Waals surface area contributed by atoms with Crippen molar-refractivity contribution in [3.05, 3.63) is 29.8 Å². The third-order valence-corrected chi connectivity index (χ3v) is 3.02. The van der Waals surface area contributed by atoms with Crippen molar-refractivity contribution in [1.82, 2.24) is 4.90 Å². The van der Waals surface area contributed by atoms with Gasteiger partial charge in [0.1, 0.15) is 5.75 Å². The first-order valence-electron chi connectivity index (χ1n) is 6.45. The second-order valence-corrected chi connectivity index (χ2v) is 4.46. The summed E-state index contributed by atoms with van der Waals surface area (Å²) in [7, 11) is 1.51. The van der Waals surface area contributed by atoms with E-state index in [2.05, 4.69) is 5.92 Å².